The second-order valence-corrected chi connectivity index (χ2v) is 7.47. The van der Waals surface area contributed by atoms with Crippen LogP contribution in [0.25, 0.3) is 0 Å². The van der Waals surface area contributed by atoms with Crippen molar-refractivity contribution in [1.29, 1.82) is 0 Å². The summed E-state index contributed by atoms with van der Waals surface area (Å²) in [5.41, 5.74) is 4.40. The molecule has 0 spiro atoms. The van der Waals surface area contributed by atoms with Crippen LogP contribution < -0.4 is 5.56 Å². The zero-order chi connectivity index (χ0) is 18.3. The van der Waals surface area contributed by atoms with Crippen molar-refractivity contribution in [2.24, 2.45) is 7.05 Å². The third kappa shape index (κ3) is 2.96. The molecule has 0 radical (unpaired) electrons. The van der Waals surface area contributed by atoms with Gasteiger partial charge in [0.2, 0.25) is 5.91 Å². The smallest absolute Gasteiger partial charge is 0.256 e. The molecule has 1 aromatic carbocycles. The van der Waals surface area contributed by atoms with Crippen molar-refractivity contribution in [2.75, 3.05) is 13.1 Å². The zero-order valence-electron chi connectivity index (χ0n) is 15.5. The summed E-state index contributed by atoms with van der Waals surface area (Å²) in [5.74, 6) is 1.27. The topological polar surface area (TPSA) is 55.2 Å². The van der Waals surface area contributed by atoms with E-state index in [0.717, 1.165) is 29.9 Å². The van der Waals surface area contributed by atoms with Gasteiger partial charge in [0, 0.05) is 38.5 Å². The van der Waals surface area contributed by atoms with E-state index in [1.165, 1.54) is 11.1 Å². The lowest BCUT2D eigenvalue weighted by Gasteiger charge is -2.22. The molecule has 2 aliphatic rings. The summed E-state index contributed by atoms with van der Waals surface area (Å²) in [5, 5.41) is 0. The summed E-state index contributed by atoms with van der Waals surface area (Å²) in [6.45, 7) is 3.12. The van der Waals surface area contributed by atoms with E-state index in [-0.39, 0.29) is 11.5 Å². The van der Waals surface area contributed by atoms with Crippen LogP contribution in [-0.4, -0.2) is 33.4 Å². The van der Waals surface area contributed by atoms with Crippen molar-refractivity contribution in [1.82, 2.24) is 14.5 Å². The van der Waals surface area contributed by atoms with Gasteiger partial charge in [0.1, 0.15) is 5.82 Å². The van der Waals surface area contributed by atoms with Crippen LogP contribution in [0.4, 0.5) is 0 Å². The summed E-state index contributed by atoms with van der Waals surface area (Å²) in [4.78, 5) is 31.9. The molecule has 0 fully saturated rings. The number of aryl methyl sites for hydroxylation is 2. The van der Waals surface area contributed by atoms with E-state index >= 15 is 0 Å². The van der Waals surface area contributed by atoms with Crippen molar-refractivity contribution in [3.63, 3.8) is 0 Å². The Morgan fingerprint density at radius 3 is 2.81 bits per heavy atom. The van der Waals surface area contributed by atoms with Crippen LogP contribution in [0, 0.1) is 6.92 Å². The van der Waals surface area contributed by atoms with E-state index in [2.05, 4.69) is 29.2 Å². The predicted molar refractivity (Wildman–Crippen MR) is 100 cm³/mol. The van der Waals surface area contributed by atoms with Gasteiger partial charge in [-0.05, 0) is 43.2 Å². The second kappa shape index (κ2) is 6.71. The molecule has 2 heterocycles. The third-order valence-corrected chi connectivity index (χ3v) is 5.97. The van der Waals surface area contributed by atoms with Gasteiger partial charge in [-0.3, -0.25) is 14.2 Å². The molecular formula is C21H25N3O2. The minimum atomic E-state index is 0.0338. The van der Waals surface area contributed by atoms with Crippen LogP contribution in [0.3, 0.4) is 0 Å². The van der Waals surface area contributed by atoms with Gasteiger partial charge in [-0.2, -0.15) is 0 Å². The van der Waals surface area contributed by atoms with E-state index in [0.29, 0.717) is 38.3 Å². The first-order valence-corrected chi connectivity index (χ1v) is 9.45. The maximum atomic E-state index is 12.9. The quantitative estimate of drug-likeness (QED) is 0.833. The van der Waals surface area contributed by atoms with Gasteiger partial charge in [-0.15, -0.1) is 0 Å². The number of fused-ring (bicyclic) bond motifs is 2. The van der Waals surface area contributed by atoms with Gasteiger partial charge in [0.25, 0.3) is 5.56 Å². The molecule has 0 bridgehead atoms. The molecule has 1 aliphatic heterocycles. The molecular weight excluding hydrogens is 326 g/mol. The van der Waals surface area contributed by atoms with Crippen molar-refractivity contribution in [2.45, 2.75) is 44.9 Å². The lowest BCUT2D eigenvalue weighted by atomic mass is 9.97. The highest BCUT2D eigenvalue weighted by Gasteiger charge is 2.28. The Morgan fingerprint density at radius 1 is 1.19 bits per heavy atom. The Bertz CT molecular complexity index is 916. The molecule has 1 atom stereocenters. The van der Waals surface area contributed by atoms with Gasteiger partial charge >= 0.3 is 0 Å². The van der Waals surface area contributed by atoms with Crippen molar-refractivity contribution in [3.05, 3.63) is 62.8 Å². The first kappa shape index (κ1) is 17.0. The fourth-order valence-corrected chi connectivity index (χ4v) is 4.31. The SMILES string of the molecule is Cc1nc2c(c(=O)n1C)CCN(C(=O)CC1CCc3ccccc31)CC2. The highest BCUT2D eigenvalue weighted by Crippen LogP contribution is 2.35. The Kier molecular flexibility index (Phi) is 4.39. The van der Waals surface area contributed by atoms with Crippen LogP contribution in [0.15, 0.2) is 29.1 Å². The average molecular weight is 351 g/mol. The molecule has 1 aromatic heterocycles. The Balaban J connectivity index is 1.48. The maximum absolute atomic E-state index is 12.9. The molecule has 5 heteroatoms. The highest BCUT2D eigenvalue weighted by molar-refractivity contribution is 5.77. The minimum Gasteiger partial charge on any atom is -0.342 e. The van der Waals surface area contributed by atoms with Crippen LogP contribution in [0.5, 0.6) is 0 Å². The molecule has 5 nitrogen and oxygen atoms in total. The minimum absolute atomic E-state index is 0.0338. The highest BCUT2D eigenvalue weighted by atomic mass is 16.2. The number of hydrogen-bond donors (Lipinski definition) is 0. The molecule has 0 N–H and O–H groups in total. The number of nitrogens with zero attached hydrogens (tertiary/aromatic N) is 3. The summed E-state index contributed by atoms with van der Waals surface area (Å²) in [7, 11) is 1.76. The lowest BCUT2D eigenvalue weighted by molar-refractivity contribution is -0.131. The number of carbonyl (C=O) groups is 1. The molecule has 0 saturated carbocycles. The molecule has 1 amide bonds. The number of aromatic nitrogens is 2. The predicted octanol–water partition coefficient (Wildman–Crippen LogP) is 2.14. The maximum Gasteiger partial charge on any atom is 0.256 e. The van der Waals surface area contributed by atoms with Crippen molar-refractivity contribution in [3.8, 4) is 0 Å². The van der Waals surface area contributed by atoms with E-state index in [1.54, 1.807) is 11.6 Å². The van der Waals surface area contributed by atoms with Crippen LogP contribution in [0.1, 0.15) is 47.0 Å². The number of hydrogen-bond acceptors (Lipinski definition) is 3. The number of carbonyl (C=O) groups excluding carboxylic acids is 1. The van der Waals surface area contributed by atoms with E-state index < -0.39 is 0 Å². The number of rotatable bonds is 2. The molecule has 136 valence electrons. The van der Waals surface area contributed by atoms with Gasteiger partial charge in [-0.25, -0.2) is 4.98 Å². The zero-order valence-corrected chi connectivity index (χ0v) is 15.5. The number of amides is 1. The normalized spacial score (nSPS) is 19.0. The van der Waals surface area contributed by atoms with E-state index in [1.807, 2.05) is 11.8 Å². The second-order valence-electron chi connectivity index (χ2n) is 7.47. The molecule has 2 aromatic rings. The third-order valence-electron chi connectivity index (χ3n) is 5.97. The first-order valence-electron chi connectivity index (χ1n) is 9.45. The van der Waals surface area contributed by atoms with Gasteiger partial charge in [0.05, 0.1) is 5.69 Å². The summed E-state index contributed by atoms with van der Waals surface area (Å²) in [6.07, 6.45) is 3.96. The van der Waals surface area contributed by atoms with E-state index in [9.17, 15) is 9.59 Å². The van der Waals surface area contributed by atoms with Crippen LogP contribution >= 0.6 is 0 Å². The Morgan fingerprint density at radius 2 is 1.96 bits per heavy atom. The molecule has 1 unspecified atom stereocenters. The molecule has 1 aliphatic carbocycles. The largest absolute Gasteiger partial charge is 0.342 e. The summed E-state index contributed by atoms with van der Waals surface area (Å²) < 4.78 is 1.60. The fraction of sp³-hybridized carbons (Fsp3) is 0.476. The first-order chi connectivity index (χ1) is 12.5. The molecule has 26 heavy (non-hydrogen) atoms. The Labute approximate surface area is 153 Å². The standard InChI is InChI=1S/C21H25N3O2/c1-14-22-19-10-12-24(11-9-18(19)21(26)23(14)2)20(25)13-16-8-7-15-5-3-4-6-17(15)16/h3-6,16H,7-13H2,1-2H3. The summed E-state index contributed by atoms with van der Waals surface area (Å²) >= 11 is 0. The van der Waals surface area contributed by atoms with Crippen LogP contribution in [-0.2, 0) is 31.1 Å². The average Bonchev–Trinajstić information content (AvgIpc) is 2.91. The van der Waals surface area contributed by atoms with Gasteiger partial charge in [-0.1, -0.05) is 24.3 Å². The lowest BCUT2D eigenvalue weighted by Crippen LogP contribution is -2.34. The van der Waals surface area contributed by atoms with Crippen LogP contribution in [0.2, 0.25) is 0 Å². The fourth-order valence-electron chi connectivity index (χ4n) is 4.31. The van der Waals surface area contributed by atoms with Gasteiger partial charge in [0.15, 0.2) is 0 Å². The monoisotopic (exact) mass is 351 g/mol. The molecule has 4 rings (SSSR count). The van der Waals surface area contributed by atoms with Gasteiger partial charge < -0.3 is 4.90 Å². The van der Waals surface area contributed by atoms with E-state index in [4.69, 9.17) is 0 Å². The molecule has 0 saturated heterocycles. The number of benzene rings is 1. The van der Waals surface area contributed by atoms with Crippen molar-refractivity contribution < 1.29 is 4.79 Å². The Hall–Kier alpha value is -2.43. The summed E-state index contributed by atoms with van der Waals surface area (Å²) in [6, 6.07) is 8.47. The van der Waals surface area contributed by atoms with Crippen molar-refractivity contribution >= 4 is 5.91 Å².